The van der Waals surface area contributed by atoms with Crippen LogP contribution >= 0.6 is 0 Å². The second kappa shape index (κ2) is 13.6. The maximum Gasteiger partial charge on any atom is 0.330 e. The number of rotatable bonds is 7. The molecule has 2 aromatic carbocycles. The standard InChI is InChI=1S/C39H42N4O6/c1-49-32(45)18-13-24-11-15-27(16-12-24)41-38(48)39(19-5-6-20-39)42-37(47)26-14-17-28-30(22-26)43-23-31(44)36(46)34-29(10-7-21-40-34)35(43)33(28)25-8-3-2-4-9-25/h7,10-18,21-22,25,31,36,44,46H,2-6,8-9,19-20,23H2,1H3,(H,41,48)(H,42,47)/t31-,36-/m1/s1. The first-order chi connectivity index (χ1) is 23.8. The van der Waals surface area contributed by atoms with Crippen molar-refractivity contribution in [3.8, 4) is 11.3 Å². The molecule has 0 unspecified atom stereocenters. The van der Waals surface area contributed by atoms with Crippen molar-refractivity contribution in [1.29, 1.82) is 0 Å². The van der Waals surface area contributed by atoms with Crippen molar-refractivity contribution in [2.45, 2.75) is 88.0 Å². The molecular weight excluding hydrogens is 620 g/mol. The second-order valence-corrected chi connectivity index (χ2v) is 13.6. The van der Waals surface area contributed by atoms with Crippen LogP contribution in [0.5, 0.6) is 0 Å². The van der Waals surface area contributed by atoms with Crippen LogP contribution in [0.15, 0.2) is 66.9 Å². The van der Waals surface area contributed by atoms with Gasteiger partial charge in [0.25, 0.3) is 5.91 Å². The van der Waals surface area contributed by atoms with Gasteiger partial charge in [0.15, 0.2) is 0 Å². The molecule has 4 N–H and O–H groups in total. The largest absolute Gasteiger partial charge is 0.466 e. The first kappa shape index (κ1) is 32.7. The molecule has 2 atom stereocenters. The zero-order chi connectivity index (χ0) is 34.1. The van der Waals surface area contributed by atoms with Crippen LogP contribution in [0.1, 0.15) is 97.0 Å². The molecule has 3 aliphatic rings. The molecule has 49 heavy (non-hydrogen) atoms. The molecule has 4 aromatic rings. The van der Waals surface area contributed by atoms with Gasteiger partial charge in [-0.05, 0) is 85.2 Å². The van der Waals surface area contributed by atoms with E-state index < -0.39 is 23.7 Å². The molecule has 2 saturated carbocycles. The average molecular weight is 663 g/mol. The minimum absolute atomic E-state index is 0.158. The summed E-state index contributed by atoms with van der Waals surface area (Å²) < 4.78 is 6.69. The summed E-state index contributed by atoms with van der Waals surface area (Å²) >= 11 is 0. The topological polar surface area (TPSA) is 143 Å². The van der Waals surface area contributed by atoms with E-state index in [4.69, 9.17) is 0 Å². The van der Waals surface area contributed by atoms with Gasteiger partial charge in [-0.3, -0.25) is 14.6 Å². The summed E-state index contributed by atoms with van der Waals surface area (Å²) in [7, 11) is 1.32. The minimum Gasteiger partial charge on any atom is -0.466 e. The number of aromatic nitrogens is 2. The van der Waals surface area contributed by atoms with Crippen LogP contribution in [-0.2, 0) is 20.9 Å². The van der Waals surface area contributed by atoms with Gasteiger partial charge >= 0.3 is 5.97 Å². The van der Waals surface area contributed by atoms with Gasteiger partial charge in [0.1, 0.15) is 17.7 Å². The highest BCUT2D eigenvalue weighted by Gasteiger charge is 2.43. The summed E-state index contributed by atoms with van der Waals surface area (Å²) in [5.74, 6) is -0.745. The predicted molar refractivity (Wildman–Crippen MR) is 187 cm³/mol. The van der Waals surface area contributed by atoms with E-state index in [2.05, 4.69) is 24.9 Å². The van der Waals surface area contributed by atoms with Gasteiger partial charge in [-0.1, -0.05) is 50.3 Å². The van der Waals surface area contributed by atoms with E-state index in [0.717, 1.165) is 66.2 Å². The van der Waals surface area contributed by atoms with Crippen molar-refractivity contribution in [2.75, 3.05) is 12.4 Å². The lowest BCUT2D eigenvalue weighted by atomic mass is 9.81. The molecular formula is C39H42N4O6. The molecule has 0 radical (unpaired) electrons. The molecule has 7 rings (SSSR count). The Morgan fingerprint density at radius 1 is 0.980 bits per heavy atom. The first-order valence-electron chi connectivity index (χ1n) is 17.3. The fourth-order valence-corrected chi connectivity index (χ4v) is 7.96. The molecule has 254 valence electrons. The number of hydrogen-bond donors (Lipinski definition) is 4. The number of nitrogens with one attached hydrogen (secondary N) is 2. The predicted octanol–water partition coefficient (Wildman–Crippen LogP) is 6.03. The van der Waals surface area contributed by atoms with E-state index in [1.807, 2.05) is 30.3 Å². The number of carbonyl (C=O) groups is 3. The molecule has 3 heterocycles. The Bertz CT molecular complexity index is 1920. The lowest BCUT2D eigenvalue weighted by molar-refractivity contribution is -0.134. The minimum atomic E-state index is -1.13. The number of esters is 1. The van der Waals surface area contributed by atoms with Crippen LogP contribution in [0.2, 0.25) is 0 Å². The number of hydrogen-bond acceptors (Lipinski definition) is 7. The van der Waals surface area contributed by atoms with Crippen LogP contribution < -0.4 is 10.6 Å². The van der Waals surface area contributed by atoms with Gasteiger partial charge in [-0.25, -0.2) is 4.79 Å². The van der Waals surface area contributed by atoms with Crippen molar-refractivity contribution in [2.24, 2.45) is 0 Å². The summed E-state index contributed by atoms with van der Waals surface area (Å²) in [5, 5.41) is 29.4. The number of methoxy groups -OCH3 is 1. The number of pyridine rings is 1. The molecule has 10 heteroatoms. The Morgan fingerprint density at radius 2 is 1.73 bits per heavy atom. The van der Waals surface area contributed by atoms with Gasteiger partial charge in [-0.15, -0.1) is 0 Å². The van der Waals surface area contributed by atoms with Gasteiger partial charge in [-0.2, -0.15) is 0 Å². The normalized spacial score (nSPS) is 20.4. The Labute approximate surface area is 285 Å². The molecule has 10 nitrogen and oxygen atoms in total. The van der Waals surface area contributed by atoms with E-state index in [1.165, 1.54) is 25.2 Å². The monoisotopic (exact) mass is 662 g/mol. The lowest BCUT2D eigenvalue weighted by Crippen LogP contribution is -2.55. The maximum atomic E-state index is 14.0. The van der Waals surface area contributed by atoms with Crippen molar-refractivity contribution in [3.05, 3.63) is 89.3 Å². The third kappa shape index (κ3) is 6.26. The number of anilines is 1. The van der Waals surface area contributed by atoms with Gasteiger partial charge in [0, 0.05) is 40.0 Å². The lowest BCUT2D eigenvalue weighted by Gasteiger charge is -2.29. The molecule has 2 fully saturated rings. The van der Waals surface area contributed by atoms with Gasteiger partial charge in [0.2, 0.25) is 5.91 Å². The summed E-state index contributed by atoms with van der Waals surface area (Å²) in [6, 6.07) is 16.6. The second-order valence-electron chi connectivity index (χ2n) is 13.6. The van der Waals surface area contributed by atoms with E-state index in [9.17, 15) is 24.6 Å². The Morgan fingerprint density at radius 3 is 2.47 bits per heavy atom. The zero-order valence-electron chi connectivity index (χ0n) is 27.7. The summed E-state index contributed by atoms with van der Waals surface area (Å²) in [4.78, 5) is 43.7. The molecule has 2 aromatic heterocycles. The molecule has 0 spiro atoms. The molecule has 0 bridgehead atoms. The van der Waals surface area contributed by atoms with Gasteiger partial charge < -0.3 is 30.2 Å². The summed E-state index contributed by atoms with van der Waals surface area (Å²) in [5.41, 5.74) is 4.96. The number of nitrogens with zero attached hydrogens (tertiary/aromatic N) is 2. The number of carbonyl (C=O) groups excluding carboxylic acids is 3. The first-order valence-corrected chi connectivity index (χ1v) is 17.3. The summed E-state index contributed by atoms with van der Waals surface area (Å²) in [6.07, 6.45) is 10.7. The smallest absolute Gasteiger partial charge is 0.330 e. The molecule has 2 amide bonds. The molecule has 1 aliphatic heterocycles. The summed E-state index contributed by atoms with van der Waals surface area (Å²) in [6.45, 7) is 0.158. The quantitative estimate of drug-likeness (QED) is 0.140. The molecule has 2 aliphatic carbocycles. The van der Waals surface area contributed by atoms with Crippen LogP contribution in [0.3, 0.4) is 0 Å². The van der Waals surface area contributed by atoms with Crippen LogP contribution in [-0.4, -0.2) is 56.3 Å². The number of aliphatic hydroxyl groups excluding tert-OH is 2. The van der Waals surface area contributed by atoms with Crippen molar-refractivity contribution < 1.29 is 29.3 Å². The Balaban J connectivity index is 1.20. The Kier molecular flexibility index (Phi) is 9.09. The average Bonchev–Trinajstić information content (AvgIpc) is 3.71. The number of amides is 2. The number of benzene rings is 2. The van der Waals surface area contributed by atoms with E-state index >= 15 is 0 Å². The highest BCUT2D eigenvalue weighted by molar-refractivity contribution is 6.06. The highest BCUT2D eigenvalue weighted by atomic mass is 16.5. The third-order valence-electron chi connectivity index (χ3n) is 10.5. The fourth-order valence-electron chi connectivity index (χ4n) is 7.96. The van der Waals surface area contributed by atoms with Crippen LogP contribution in [0.4, 0.5) is 5.69 Å². The SMILES string of the molecule is COC(=O)C=Cc1ccc(NC(=O)C2(NC(=O)c3ccc4c(C5CCCCC5)c5n(c4c3)C[C@@H](O)[C@@H](O)c3ncccc3-5)CCCC2)cc1. The van der Waals surface area contributed by atoms with E-state index in [0.29, 0.717) is 35.7 Å². The van der Waals surface area contributed by atoms with Crippen LogP contribution in [0, 0.1) is 0 Å². The third-order valence-corrected chi connectivity index (χ3v) is 10.5. The number of fused-ring (bicyclic) bond motifs is 5. The van der Waals surface area contributed by atoms with E-state index in [-0.39, 0.29) is 18.4 Å². The van der Waals surface area contributed by atoms with Crippen molar-refractivity contribution in [3.63, 3.8) is 0 Å². The fraction of sp³-hybridized carbons (Fsp3) is 0.385. The Hall–Kier alpha value is -4.80. The number of ether oxygens (including phenoxy) is 1. The zero-order valence-corrected chi connectivity index (χ0v) is 27.7. The maximum absolute atomic E-state index is 14.0. The van der Waals surface area contributed by atoms with Crippen LogP contribution in [0.25, 0.3) is 28.2 Å². The molecule has 0 saturated heterocycles. The van der Waals surface area contributed by atoms with E-state index in [1.54, 1.807) is 36.5 Å². The van der Waals surface area contributed by atoms with Crippen molar-refractivity contribution >= 4 is 40.4 Å². The van der Waals surface area contributed by atoms with Crippen molar-refractivity contribution in [1.82, 2.24) is 14.9 Å². The van der Waals surface area contributed by atoms with Gasteiger partial charge in [0.05, 0.1) is 25.0 Å². The number of aliphatic hydroxyl groups is 2. The highest BCUT2D eigenvalue weighted by Crippen LogP contribution is 2.47.